The molecule has 1 aliphatic rings. The van der Waals surface area contributed by atoms with Crippen molar-refractivity contribution in [2.45, 2.75) is 32.9 Å². The standard InChI is InChI=1S/C27H30N6O3/c1-19-29-32(27(35)25-16-24(30-33(19)25)21-8-10-23(36-2)11-9-21)18-26(34)28-13-5-14-31-15-12-20-6-3-4-7-22(20)17-31/h3-4,6-11,16H,5,12-15,17-18H2,1-2H3,(H,28,34). The van der Waals surface area contributed by atoms with E-state index in [-0.39, 0.29) is 18.0 Å². The van der Waals surface area contributed by atoms with E-state index in [2.05, 4.69) is 44.7 Å². The first kappa shape index (κ1) is 23.7. The van der Waals surface area contributed by atoms with Gasteiger partial charge in [0, 0.05) is 31.7 Å². The minimum absolute atomic E-state index is 0.129. The molecule has 1 amide bonds. The van der Waals surface area contributed by atoms with Crippen LogP contribution in [0.15, 0.2) is 59.4 Å². The lowest BCUT2D eigenvalue weighted by atomic mass is 10.00. The van der Waals surface area contributed by atoms with Crippen LogP contribution in [0.25, 0.3) is 16.8 Å². The minimum atomic E-state index is -0.352. The van der Waals surface area contributed by atoms with Crippen molar-refractivity contribution < 1.29 is 9.53 Å². The maximum absolute atomic E-state index is 13.0. The Morgan fingerprint density at radius 1 is 1.08 bits per heavy atom. The van der Waals surface area contributed by atoms with E-state index >= 15 is 0 Å². The smallest absolute Gasteiger partial charge is 0.293 e. The van der Waals surface area contributed by atoms with Crippen molar-refractivity contribution >= 4 is 11.4 Å². The molecule has 0 spiro atoms. The van der Waals surface area contributed by atoms with E-state index in [1.807, 2.05) is 24.3 Å². The van der Waals surface area contributed by atoms with Gasteiger partial charge in [0.2, 0.25) is 5.91 Å². The van der Waals surface area contributed by atoms with E-state index < -0.39 is 0 Å². The van der Waals surface area contributed by atoms with Crippen molar-refractivity contribution in [1.82, 2.24) is 29.6 Å². The monoisotopic (exact) mass is 486 g/mol. The summed E-state index contributed by atoms with van der Waals surface area (Å²) in [6.07, 6.45) is 1.91. The zero-order valence-corrected chi connectivity index (χ0v) is 20.6. The predicted molar refractivity (Wildman–Crippen MR) is 137 cm³/mol. The number of carbonyl (C=O) groups is 1. The Morgan fingerprint density at radius 2 is 1.86 bits per heavy atom. The Balaban J connectivity index is 1.18. The lowest BCUT2D eigenvalue weighted by Crippen LogP contribution is -2.37. The summed E-state index contributed by atoms with van der Waals surface area (Å²) in [6.45, 7) is 5.10. The Labute approximate surface area is 209 Å². The van der Waals surface area contributed by atoms with Crippen LogP contribution in [0.3, 0.4) is 0 Å². The molecule has 0 aliphatic carbocycles. The van der Waals surface area contributed by atoms with Crippen molar-refractivity contribution in [2.75, 3.05) is 26.7 Å². The molecule has 3 heterocycles. The molecule has 1 N–H and O–H groups in total. The number of methoxy groups -OCH3 is 1. The summed E-state index contributed by atoms with van der Waals surface area (Å²) in [5.41, 5.74) is 4.36. The highest BCUT2D eigenvalue weighted by atomic mass is 16.5. The van der Waals surface area contributed by atoms with E-state index in [9.17, 15) is 9.59 Å². The summed E-state index contributed by atoms with van der Waals surface area (Å²) in [5, 5.41) is 11.8. The van der Waals surface area contributed by atoms with Gasteiger partial charge < -0.3 is 10.1 Å². The fraction of sp³-hybridized carbons (Fsp3) is 0.333. The molecule has 2 aromatic carbocycles. The third-order valence-electron chi connectivity index (χ3n) is 6.60. The number of hydrogen-bond donors (Lipinski definition) is 1. The number of aryl methyl sites for hydroxylation is 1. The molecule has 0 saturated heterocycles. The molecule has 9 heteroatoms. The summed E-state index contributed by atoms with van der Waals surface area (Å²) in [5.74, 6) is 1.05. The van der Waals surface area contributed by atoms with Crippen molar-refractivity contribution in [1.29, 1.82) is 0 Å². The summed E-state index contributed by atoms with van der Waals surface area (Å²) >= 11 is 0. The number of nitrogens with zero attached hydrogens (tertiary/aromatic N) is 5. The molecule has 186 valence electrons. The molecular formula is C27H30N6O3. The normalized spacial score (nSPS) is 13.5. The number of aromatic nitrogens is 4. The van der Waals surface area contributed by atoms with Crippen LogP contribution in [0.1, 0.15) is 23.4 Å². The number of amides is 1. The van der Waals surface area contributed by atoms with Gasteiger partial charge in [0.25, 0.3) is 5.56 Å². The van der Waals surface area contributed by atoms with Gasteiger partial charge in [0.05, 0.1) is 12.8 Å². The summed E-state index contributed by atoms with van der Waals surface area (Å²) in [7, 11) is 1.61. The molecule has 0 saturated carbocycles. The first-order chi connectivity index (χ1) is 17.5. The molecule has 0 unspecified atom stereocenters. The van der Waals surface area contributed by atoms with Gasteiger partial charge in [-0.2, -0.15) is 10.2 Å². The molecule has 0 bridgehead atoms. The fourth-order valence-corrected chi connectivity index (χ4v) is 4.65. The second-order valence-corrected chi connectivity index (χ2v) is 9.06. The number of benzene rings is 2. The van der Waals surface area contributed by atoms with E-state index in [4.69, 9.17) is 4.74 Å². The van der Waals surface area contributed by atoms with E-state index in [0.717, 1.165) is 43.8 Å². The van der Waals surface area contributed by atoms with Crippen LogP contribution < -0.4 is 15.6 Å². The lowest BCUT2D eigenvalue weighted by Gasteiger charge is -2.28. The van der Waals surface area contributed by atoms with Crippen molar-refractivity contribution in [3.8, 4) is 17.0 Å². The molecule has 5 rings (SSSR count). The summed E-state index contributed by atoms with van der Waals surface area (Å²) in [6, 6.07) is 17.8. The number of hydrogen-bond acceptors (Lipinski definition) is 6. The third-order valence-corrected chi connectivity index (χ3v) is 6.60. The maximum atomic E-state index is 13.0. The van der Waals surface area contributed by atoms with Gasteiger partial charge in [-0.05, 0) is 61.2 Å². The van der Waals surface area contributed by atoms with Crippen LogP contribution in [0.2, 0.25) is 0 Å². The van der Waals surface area contributed by atoms with Gasteiger partial charge in [-0.25, -0.2) is 9.20 Å². The largest absolute Gasteiger partial charge is 0.497 e. The molecule has 0 radical (unpaired) electrons. The van der Waals surface area contributed by atoms with Crippen molar-refractivity contribution in [3.63, 3.8) is 0 Å². The van der Waals surface area contributed by atoms with Gasteiger partial charge in [-0.1, -0.05) is 24.3 Å². The molecule has 0 fully saturated rings. The fourth-order valence-electron chi connectivity index (χ4n) is 4.65. The number of fused-ring (bicyclic) bond motifs is 2. The molecule has 36 heavy (non-hydrogen) atoms. The predicted octanol–water partition coefficient (Wildman–Crippen LogP) is 2.44. The van der Waals surface area contributed by atoms with Crippen molar-refractivity contribution in [3.05, 3.63) is 81.9 Å². The van der Waals surface area contributed by atoms with Gasteiger partial charge in [0.15, 0.2) is 0 Å². The number of nitrogens with one attached hydrogen (secondary N) is 1. The van der Waals surface area contributed by atoms with Crippen LogP contribution in [0.4, 0.5) is 0 Å². The molecule has 4 aromatic rings. The third kappa shape index (κ3) is 5.01. The SMILES string of the molecule is COc1ccc(-c2cc3c(=O)n(CC(=O)NCCCN4CCc5ccccc5C4)nc(C)n3n2)cc1. The highest BCUT2D eigenvalue weighted by Crippen LogP contribution is 2.22. The summed E-state index contributed by atoms with van der Waals surface area (Å²) < 4.78 is 7.93. The van der Waals surface area contributed by atoms with Crippen molar-refractivity contribution in [2.24, 2.45) is 0 Å². The van der Waals surface area contributed by atoms with Crippen LogP contribution in [-0.2, 0) is 24.3 Å². The van der Waals surface area contributed by atoms with Crippen LogP contribution >= 0.6 is 0 Å². The minimum Gasteiger partial charge on any atom is -0.497 e. The van der Waals surface area contributed by atoms with Crippen LogP contribution in [0, 0.1) is 6.92 Å². The van der Waals surface area contributed by atoms with Gasteiger partial charge >= 0.3 is 0 Å². The molecule has 9 nitrogen and oxygen atoms in total. The molecule has 2 aromatic heterocycles. The average molecular weight is 487 g/mol. The van der Waals surface area contributed by atoms with E-state index in [0.29, 0.717) is 23.6 Å². The Kier molecular flexibility index (Phi) is 6.81. The van der Waals surface area contributed by atoms with E-state index in [1.165, 1.54) is 20.3 Å². The highest BCUT2D eigenvalue weighted by molar-refractivity contribution is 5.75. The topological polar surface area (TPSA) is 93.8 Å². The average Bonchev–Trinajstić information content (AvgIpc) is 3.36. The zero-order chi connectivity index (χ0) is 25.1. The van der Waals surface area contributed by atoms with Gasteiger partial charge in [0.1, 0.15) is 23.6 Å². The zero-order valence-electron chi connectivity index (χ0n) is 20.6. The Morgan fingerprint density at radius 3 is 2.64 bits per heavy atom. The second-order valence-electron chi connectivity index (χ2n) is 9.06. The quantitative estimate of drug-likeness (QED) is 0.385. The van der Waals surface area contributed by atoms with Crippen LogP contribution in [0.5, 0.6) is 5.75 Å². The molecular weight excluding hydrogens is 456 g/mol. The maximum Gasteiger partial charge on any atom is 0.293 e. The summed E-state index contributed by atoms with van der Waals surface area (Å²) in [4.78, 5) is 28.0. The van der Waals surface area contributed by atoms with Gasteiger partial charge in [-0.15, -0.1) is 0 Å². The number of carbonyl (C=O) groups excluding carboxylic acids is 1. The first-order valence-corrected chi connectivity index (χ1v) is 12.2. The number of ether oxygens (including phenoxy) is 1. The molecule has 1 aliphatic heterocycles. The highest BCUT2D eigenvalue weighted by Gasteiger charge is 2.16. The Hall–Kier alpha value is -3.98. The lowest BCUT2D eigenvalue weighted by molar-refractivity contribution is -0.121. The Bertz CT molecular complexity index is 1440. The first-order valence-electron chi connectivity index (χ1n) is 12.2. The second kappa shape index (κ2) is 10.3. The molecule has 0 atom stereocenters. The van der Waals surface area contributed by atoms with Gasteiger partial charge in [-0.3, -0.25) is 14.5 Å². The van der Waals surface area contributed by atoms with Crippen LogP contribution in [-0.4, -0.2) is 56.9 Å². The van der Waals surface area contributed by atoms with E-state index in [1.54, 1.807) is 20.1 Å². The number of rotatable bonds is 8.